The number of aromatic nitrogens is 3. The molecule has 2 amide bonds. The molecule has 2 saturated heterocycles. The second-order valence-electron chi connectivity index (χ2n) is 7.85. The number of rotatable bonds is 3. The number of aromatic amines is 1. The lowest BCUT2D eigenvalue weighted by Gasteiger charge is -2.35. The first-order chi connectivity index (χ1) is 15.1. The van der Waals surface area contributed by atoms with Crippen LogP contribution in [0, 0.1) is 0 Å². The maximum atomic E-state index is 13.4. The van der Waals surface area contributed by atoms with Crippen LogP contribution in [0.25, 0.3) is 22.3 Å². The Morgan fingerprint density at radius 1 is 1.10 bits per heavy atom. The molecule has 1 atom stereocenters. The molecule has 0 bridgehead atoms. The van der Waals surface area contributed by atoms with E-state index < -0.39 is 0 Å². The Morgan fingerprint density at radius 2 is 1.84 bits per heavy atom. The van der Waals surface area contributed by atoms with E-state index in [1.54, 1.807) is 46.3 Å². The quantitative estimate of drug-likeness (QED) is 0.667. The summed E-state index contributed by atoms with van der Waals surface area (Å²) in [6.45, 7) is 2.56. The number of piperazine rings is 1. The summed E-state index contributed by atoms with van der Waals surface area (Å²) in [5.74, 6) is 0.0801. The lowest BCUT2D eigenvalue weighted by atomic mass is 10.1. The number of benzene rings is 1. The van der Waals surface area contributed by atoms with Crippen molar-refractivity contribution < 1.29 is 19.4 Å². The van der Waals surface area contributed by atoms with Crippen molar-refractivity contribution in [1.82, 2.24) is 25.0 Å². The van der Waals surface area contributed by atoms with Crippen LogP contribution in [-0.4, -0.2) is 80.8 Å². The van der Waals surface area contributed by atoms with Crippen molar-refractivity contribution in [3.8, 4) is 17.0 Å². The molecule has 160 valence electrons. The van der Waals surface area contributed by atoms with Crippen molar-refractivity contribution in [3.63, 3.8) is 0 Å². The number of nitrogens with zero attached hydrogens (tertiary/aromatic N) is 4. The summed E-state index contributed by atoms with van der Waals surface area (Å²) in [4.78, 5) is 34.1. The predicted octanol–water partition coefficient (Wildman–Crippen LogP) is 1.79. The standard InChI is InChI=1S/C22H23N5O4/c28-15-5-3-14(4-6-15)18-12-16(17-13-23-25-20(17)24-18)21(29)26-7-9-27(10-8-26)22(30)19-2-1-11-31-19/h3-6,12-13,19,28H,1-2,7-11H2,(H,23,24,25). The first-order valence-electron chi connectivity index (χ1n) is 10.4. The van der Waals surface area contributed by atoms with Crippen LogP contribution < -0.4 is 0 Å². The number of fused-ring (bicyclic) bond motifs is 1. The fourth-order valence-corrected chi connectivity index (χ4v) is 4.16. The number of phenols is 1. The maximum Gasteiger partial charge on any atom is 0.254 e. The van der Waals surface area contributed by atoms with Gasteiger partial charge >= 0.3 is 0 Å². The molecule has 9 heteroatoms. The number of hydrogen-bond donors (Lipinski definition) is 2. The summed E-state index contributed by atoms with van der Waals surface area (Å²) in [7, 11) is 0. The van der Waals surface area contributed by atoms with Gasteiger partial charge in [0.1, 0.15) is 11.9 Å². The highest BCUT2D eigenvalue weighted by Gasteiger charge is 2.32. The number of pyridine rings is 1. The van der Waals surface area contributed by atoms with Crippen LogP contribution in [0.4, 0.5) is 0 Å². The number of hydrogen-bond acceptors (Lipinski definition) is 6. The first-order valence-corrected chi connectivity index (χ1v) is 10.4. The normalized spacial score (nSPS) is 19.2. The zero-order valence-electron chi connectivity index (χ0n) is 17.0. The Hall–Kier alpha value is -3.46. The molecule has 0 spiro atoms. The van der Waals surface area contributed by atoms with E-state index in [0.29, 0.717) is 55.1 Å². The highest BCUT2D eigenvalue weighted by molar-refractivity contribution is 6.06. The Morgan fingerprint density at radius 3 is 2.55 bits per heavy atom. The van der Waals surface area contributed by atoms with Crippen molar-refractivity contribution in [2.75, 3.05) is 32.8 Å². The van der Waals surface area contributed by atoms with Gasteiger partial charge in [-0.05, 0) is 43.2 Å². The van der Waals surface area contributed by atoms with Crippen molar-refractivity contribution in [1.29, 1.82) is 0 Å². The summed E-state index contributed by atoms with van der Waals surface area (Å²) >= 11 is 0. The molecule has 2 aromatic heterocycles. The lowest BCUT2D eigenvalue weighted by Crippen LogP contribution is -2.52. The van der Waals surface area contributed by atoms with Crippen LogP contribution in [0.3, 0.4) is 0 Å². The van der Waals surface area contributed by atoms with Crippen LogP contribution >= 0.6 is 0 Å². The number of aromatic hydroxyl groups is 1. The Bertz CT molecular complexity index is 1110. The summed E-state index contributed by atoms with van der Waals surface area (Å²) < 4.78 is 5.51. The second kappa shape index (κ2) is 7.99. The van der Waals surface area contributed by atoms with Gasteiger partial charge in [-0.2, -0.15) is 5.10 Å². The maximum absolute atomic E-state index is 13.4. The number of phenolic OH excluding ortho intramolecular Hbond substituents is 1. The van der Waals surface area contributed by atoms with Gasteiger partial charge in [-0.15, -0.1) is 0 Å². The Balaban J connectivity index is 1.37. The molecule has 2 N–H and O–H groups in total. The summed E-state index contributed by atoms with van der Waals surface area (Å²) in [6.07, 6.45) is 2.96. The molecule has 4 heterocycles. The number of amides is 2. The topological polar surface area (TPSA) is 112 Å². The fraction of sp³-hybridized carbons (Fsp3) is 0.364. The van der Waals surface area contributed by atoms with E-state index in [2.05, 4.69) is 15.2 Å². The highest BCUT2D eigenvalue weighted by atomic mass is 16.5. The highest BCUT2D eigenvalue weighted by Crippen LogP contribution is 2.26. The second-order valence-corrected chi connectivity index (χ2v) is 7.85. The molecular formula is C22H23N5O4. The minimum Gasteiger partial charge on any atom is -0.508 e. The molecule has 0 aliphatic carbocycles. The molecular weight excluding hydrogens is 398 g/mol. The minimum absolute atomic E-state index is 0.0281. The van der Waals surface area contributed by atoms with Gasteiger partial charge in [-0.1, -0.05) is 0 Å². The molecule has 5 rings (SSSR count). The molecule has 9 nitrogen and oxygen atoms in total. The predicted molar refractivity (Wildman–Crippen MR) is 112 cm³/mol. The summed E-state index contributed by atoms with van der Waals surface area (Å²) in [5.41, 5.74) is 2.45. The lowest BCUT2D eigenvalue weighted by molar-refractivity contribution is -0.142. The van der Waals surface area contributed by atoms with Gasteiger partial charge in [0, 0.05) is 38.3 Å². The molecule has 1 unspecified atom stereocenters. The van der Waals surface area contributed by atoms with Gasteiger partial charge in [0.25, 0.3) is 11.8 Å². The summed E-state index contributed by atoms with van der Waals surface area (Å²) in [6, 6.07) is 8.43. The van der Waals surface area contributed by atoms with Crippen molar-refractivity contribution in [3.05, 3.63) is 42.1 Å². The molecule has 0 saturated carbocycles. The van der Waals surface area contributed by atoms with Crippen LogP contribution in [0.1, 0.15) is 23.2 Å². The molecule has 2 aliphatic rings. The first kappa shape index (κ1) is 19.5. The van der Waals surface area contributed by atoms with Crippen LogP contribution in [0.5, 0.6) is 5.75 Å². The van der Waals surface area contributed by atoms with Crippen LogP contribution in [0.15, 0.2) is 36.5 Å². The molecule has 1 aromatic carbocycles. The van der Waals surface area contributed by atoms with E-state index in [9.17, 15) is 14.7 Å². The van der Waals surface area contributed by atoms with E-state index >= 15 is 0 Å². The van der Waals surface area contributed by atoms with Crippen molar-refractivity contribution >= 4 is 22.8 Å². The molecule has 0 radical (unpaired) electrons. The van der Waals surface area contributed by atoms with Crippen molar-refractivity contribution in [2.45, 2.75) is 18.9 Å². The number of carbonyl (C=O) groups excluding carboxylic acids is 2. The van der Waals surface area contributed by atoms with E-state index in [4.69, 9.17) is 4.74 Å². The third-order valence-electron chi connectivity index (χ3n) is 5.90. The van der Waals surface area contributed by atoms with Gasteiger partial charge in [0.15, 0.2) is 5.65 Å². The SMILES string of the molecule is O=C(c1cc(-c2ccc(O)cc2)nc2[nH]ncc12)N1CCN(C(=O)C2CCCO2)CC1. The number of nitrogens with one attached hydrogen (secondary N) is 1. The zero-order valence-corrected chi connectivity index (χ0v) is 17.0. The molecule has 31 heavy (non-hydrogen) atoms. The van der Waals surface area contributed by atoms with E-state index in [0.717, 1.165) is 18.4 Å². The molecule has 2 aliphatic heterocycles. The smallest absolute Gasteiger partial charge is 0.254 e. The monoisotopic (exact) mass is 421 g/mol. The van der Waals surface area contributed by atoms with Crippen LogP contribution in [-0.2, 0) is 9.53 Å². The zero-order chi connectivity index (χ0) is 21.4. The number of H-pyrrole nitrogens is 1. The van der Waals surface area contributed by atoms with E-state index in [1.165, 1.54) is 0 Å². The van der Waals surface area contributed by atoms with Gasteiger partial charge in [0.05, 0.1) is 22.8 Å². The molecule has 3 aromatic rings. The number of carbonyl (C=O) groups is 2. The third kappa shape index (κ3) is 3.72. The fourth-order valence-electron chi connectivity index (χ4n) is 4.16. The van der Waals surface area contributed by atoms with E-state index in [-0.39, 0.29) is 23.7 Å². The van der Waals surface area contributed by atoms with Crippen LogP contribution in [0.2, 0.25) is 0 Å². The number of ether oxygens (including phenoxy) is 1. The van der Waals surface area contributed by atoms with Gasteiger partial charge in [-0.3, -0.25) is 14.7 Å². The molecule has 2 fully saturated rings. The van der Waals surface area contributed by atoms with Gasteiger partial charge in [-0.25, -0.2) is 4.98 Å². The summed E-state index contributed by atoms with van der Waals surface area (Å²) in [5, 5.41) is 17.1. The Labute approximate surface area is 178 Å². The average molecular weight is 421 g/mol. The van der Waals surface area contributed by atoms with E-state index in [1.807, 2.05) is 0 Å². The minimum atomic E-state index is -0.333. The average Bonchev–Trinajstić information content (AvgIpc) is 3.50. The van der Waals surface area contributed by atoms with Crippen molar-refractivity contribution in [2.24, 2.45) is 0 Å². The van der Waals surface area contributed by atoms with Gasteiger partial charge in [0.2, 0.25) is 0 Å². The largest absolute Gasteiger partial charge is 0.508 e. The Kier molecular flexibility index (Phi) is 5.03. The van der Waals surface area contributed by atoms with Gasteiger partial charge < -0.3 is 19.6 Å². The third-order valence-corrected chi connectivity index (χ3v) is 5.90.